The molecule has 1 aromatic heterocycles. The summed E-state index contributed by atoms with van der Waals surface area (Å²) in [7, 11) is 0. The van der Waals surface area contributed by atoms with Gasteiger partial charge in [-0.3, -0.25) is 9.69 Å². The Labute approximate surface area is 171 Å². The van der Waals surface area contributed by atoms with Gasteiger partial charge in [-0.25, -0.2) is 0 Å². The van der Waals surface area contributed by atoms with E-state index in [0.717, 1.165) is 35.2 Å². The molecule has 1 fully saturated rings. The smallest absolute Gasteiger partial charge is 0.248 e. The van der Waals surface area contributed by atoms with Gasteiger partial charge in [0.25, 0.3) is 0 Å². The Bertz CT molecular complexity index is 1200. The standard InChI is InChI=1S/C22H19BrN4O/c1-13-10-26(12-20-17-4-3-16(23)8-15(17)11-27(13)20)19-6-2-14(9-24)22-18(19)5-7-21(28)25-22/h2-8,13,20H,10-12H2,1H3,(H,25,28). The molecule has 0 amide bonds. The first kappa shape index (κ1) is 17.5. The van der Waals surface area contributed by atoms with Gasteiger partial charge in [-0.2, -0.15) is 5.26 Å². The lowest BCUT2D eigenvalue weighted by atomic mass is 10.00. The van der Waals surface area contributed by atoms with Crippen molar-refractivity contribution in [2.45, 2.75) is 25.6 Å². The number of halogens is 1. The van der Waals surface area contributed by atoms with E-state index in [2.05, 4.69) is 61.9 Å². The Kier molecular flexibility index (Phi) is 4.04. The van der Waals surface area contributed by atoms with Crippen LogP contribution in [0.4, 0.5) is 5.69 Å². The number of anilines is 1. The Morgan fingerprint density at radius 1 is 1.18 bits per heavy atom. The van der Waals surface area contributed by atoms with Gasteiger partial charge in [0, 0.05) is 47.3 Å². The van der Waals surface area contributed by atoms with Crippen LogP contribution in [0.15, 0.2) is 51.7 Å². The number of nitrogens with one attached hydrogen (secondary N) is 1. The molecule has 1 N–H and O–H groups in total. The number of benzene rings is 2. The number of piperazine rings is 1. The molecule has 3 heterocycles. The second-order valence-electron chi connectivity index (χ2n) is 7.64. The summed E-state index contributed by atoms with van der Waals surface area (Å²) < 4.78 is 1.12. The number of nitriles is 1. The van der Waals surface area contributed by atoms with Crippen LogP contribution in [0.5, 0.6) is 0 Å². The highest BCUT2D eigenvalue weighted by atomic mass is 79.9. The minimum Gasteiger partial charge on any atom is -0.368 e. The van der Waals surface area contributed by atoms with E-state index >= 15 is 0 Å². The summed E-state index contributed by atoms with van der Waals surface area (Å²) in [6.45, 7) is 5.05. The van der Waals surface area contributed by atoms with E-state index in [-0.39, 0.29) is 5.56 Å². The summed E-state index contributed by atoms with van der Waals surface area (Å²) >= 11 is 3.59. The Hall–Kier alpha value is -2.62. The normalized spacial score (nSPS) is 21.4. The molecule has 6 heteroatoms. The largest absolute Gasteiger partial charge is 0.368 e. The van der Waals surface area contributed by atoms with Crippen molar-refractivity contribution in [3.8, 4) is 6.07 Å². The number of H-pyrrole nitrogens is 1. The van der Waals surface area contributed by atoms with Crippen LogP contribution < -0.4 is 10.5 Å². The van der Waals surface area contributed by atoms with Crippen molar-refractivity contribution < 1.29 is 0 Å². The first-order valence-corrected chi connectivity index (χ1v) is 10.2. The van der Waals surface area contributed by atoms with E-state index < -0.39 is 0 Å². The number of aromatic amines is 1. The summed E-state index contributed by atoms with van der Waals surface area (Å²) in [5.41, 5.74) is 4.79. The van der Waals surface area contributed by atoms with Gasteiger partial charge in [-0.1, -0.05) is 22.0 Å². The van der Waals surface area contributed by atoms with E-state index in [1.54, 1.807) is 0 Å². The molecule has 0 aliphatic carbocycles. The molecule has 5 rings (SSSR count). The zero-order chi connectivity index (χ0) is 19.4. The van der Waals surface area contributed by atoms with Crippen molar-refractivity contribution in [2.75, 3.05) is 18.0 Å². The maximum atomic E-state index is 11.8. The number of pyridine rings is 1. The minimum absolute atomic E-state index is 0.186. The SMILES string of the molecule is CC1CN(c2ccc(C#N)c3[nH]c(=O)ccc23)CC2c3ccc(Br)cc3CN12. The highest BCUT2D eigenvalue weighted by Gasteiger charge is 2.39. The van der Waals surface area contributed by atoms with Crippen molar-refractivity contribution >= 4 is 32.5 Å². The zero-order valence-electron chi connectivity index (χ0n) is 15.4. The van der Waals surface area contributed by atoms with Crippen molar-refractivity contribution in [1.29, 1.82) is 5.26 Å². The van der Waals surface area contributed by atoms with E-state index in [1.165, 1.54) is 17.2 Å². The van der Waals surface area contributed by atoms with Gasteiger partial charge in [0.15, 0.2) is 0 Å². The van der Waals surface area contributed by atoms with Crippen LogP contribution in [0.3, 0.4) is 0 Å². The van der Waals surface area contributed by atoms with Crippen molar-refractivity contribution in [3.05, 3.63) is 74.0 Å². The van der Waals surface area contributed by atoms with Crippen LogP contribution in [0.25, 0.3) is 10.9 Å². The molecule has 0 spiro atoms. The van der Waals surface area contributed by atoms with Crippen molar-refractivity contribution in [1.82, 2.24) is 9.88 Å². The number of fused-ring (bicyclic) bond motifs is 4. The van der Waals surface area contributed by atoms with Crippen LogP contribution >= 0.6 is 15.9 Å². The third-order valence-electron chi connectivity index (χ3n) is 5.99. The molecule has 0 bridgehead atoms. The van der Waals surface area contributed by atoms with Gasteiger partial charge in [-0.15, -0.1) is 0 Å². The Morgan fingerprint density at radius 3 is 2.86 bits per heavy atom. The van der Waals surface area contributed by atoms with E-state index in [0.29, 0.717) is 23.2 Å². The number of rotatable bonds is 1. The molecule has 0 radical (unpaired) electrons. The van der Waals surface area contributed by atoms with Gasteiger partial charge in [-0.05, 0) is 48.4 Å². The predicted octanol–water partition coefficient (Wildman–Crippen LogP) is 3.93. The molecule has 0 saturated carbocycles. The maximum absolute atomic E-state index is 11.8. The Morgan fingerprint density at radius 2 is 2.04 bits per heavy atom. The average molecular weight is 435 g/mol. The Balaban J connectivity index is 1.59. The fraction of sp³-hybridized carbons (Fsp3) is 0.273. The quantitative estimate of drug-likeness (QED) is 0.630. The fourth-order valence-electron chi connectivity index (χ4n) is 4.70. The second-order valence-corrected chi connectivity index (χ2v) is 8.56. The molecule has 28 heavy (non-hydrogen) atoms. The summed E-state index contributed by atoms with van der Waals surface area (Å²) in [6.07, 6.45) is 0. The molecular formula is C22H19BrN4O. The highest BCUT2D eigenvalue weighted by Crippen LogP contribution is 2.41. The van der Waals surface area contributed by atoms with Gasteiger partial charge < -0.3 is 9.88 Å². The molecule has 140 valence electrons. The molecule has 5 nitrogen and oxygen atoms in total. The number of hydrogen-bond donors (Lipinski definition) is 1. The third kappa shape index (κ3) is 2.66. The van der Waals surface area contributed by atoms with Gasteiger partial charge in [0.05, 0.1) is 17.1 Å². The fourth-order valence-corrected chi connectivity index (χ4v) is 5.11. The molecule has 2 aliphatic rings. The maximum Gasteiger partial charge on any atom is 0.248 e. The van der Waals surface area contributed by atoms with Crippen LogP contribution in [0.2, 0.25) is 0 Å². The minimum atomic E-state index is -0.186. The predicted molar refractivity (Wildman–Crippen MR) is 113 cm³/mol. The highest BCUT2D eigenvalue weighted by molar-refractivity contribution is 9.10. The van der Waals surface area contributed by atoms with Crippen LogP contribution in [-0.2, 0) is 6.54 Å². The van der Waals surface area contributed by atoms with E-state index in [9.17, 15) is 10.1 Å². The van der Waals surface area contributed by atoms with Crippen molar-refractivity contribution in [2.24, 2.45) is 0 Å². The monoisotopic (exact) mass is 434 g/mol. The molecule has 2 aliphatic heterocycles. The number of hydrogen-bond acceptors (Lipinski definition) is 4. The average Bonchev–Trinajstić information content (AvgIpc) is 3.05. The lowest BCUT2D eigenvalue weighted by Gasteiger charge is -2.44. The molecule has 2 unspecified atom stereocenters. The van der Waals surface area contributed by atoms with E-state index in [1.807, 2.05) is 18.2 Å². The first-order chi connectivity index (χ1) is 13.5. The summed E-state index contributed by atoms with van der Waals surface area (Å²) in [6, 6.07) is 16.7. The summed E-state index contributed by atoms with van der Waals surface area (Å²) in [4.78, 5) is 19.6. The zero-order valence-corrected chi connectivity index (χ0v) is 17.0. The number of nitrogens with zero attached hydrogens (tertiary/aromatic N) is 3. The molecular weight excluding hydrogens is 416 g/mol. The van der Waals surface area contributed by atoms with Crippen LogP contribution in [-0.4, -0.2) is 29.0 Å². The molecule has 3 aromatic rings. The third-order valence-corrected chi connectivity index (χ3v) is 6.49. The summed E-state index contributed by atoms with van der Waals surface area (Å²) in [5, 5.41) is 10.4. The molecule has 1 saturated heterocycles. The lowest BCUT2D eigenvalue weighted by Crippen LogP contribution is -2.51. The van der Waals surface area contributed by atoms with Crippen LogP contribution in [0, 0.1) is 11.3 Å². The van der Waals surface area contributed by atoms with Gasteiger partial charge >= 0.3 is 0 Å². The van der Waals surface area contributed by atoms with Crippen LogP contribution in [0.1, 0.15) is 29.7 Å². The molecule has 2 atom stereocenters. The van der Waals surface area contributed by atoms with E-state index in [4.69, 9.17) is 0 Å². The topological polar surface area (TPSA) is 63.1 Å². The lowest BCUT2D eigenvalue weighted by molar-refractivity contribution is 0.134. The van der Waals surface area contributed by atoms with Gasteiger partial charge in [0.1, 0.15) is 6.07 Å². The first-order valence-electron chi connectivity index (χ1n) is 9.40. The number of aromatic nitrogens is 1. The van der Waals surface area contributed by atoms with Gasteiger partial charge in [0.2, 0.25) is 5.56 Å². The summed E-state index contributed by atoms with van der Waals surface area (Å²) in [5.74, 6) is 0. The van der Waals surface area contributed by atoms with Crippen molar-refractivity contribution in [3.63, 3.8) is 0 Å². The molecule has 2 aromatic carbocycles. The second kappa shape index (κ2) is 6.47.